The SMILES string of the molecule is CCN1CC(C)(C)C(N=C(N)C(=O)O)=N1.Cl. The fraction of sp³-hybridized carbons (Fsp3) is 0.667. The van der Waals surface area contributed by atoms with E-state index in [9.17, 15) is 4.79 Å². The quantitative estimate of drug-likeness (QED) is 0.523. The van der Waals surface area contributed by atoms with Crippen molar-refractivity contribution in [2.45, 2.75) is 20.8 Å². The molecule has 0 aliphatic carbocycles. The maximum atomic E-state index is 10.5. The number of aliphatic carboxylic acids is 1. The van der Waals surface area contributed by atoms with Gasteiger partial charge in [-0.2, -0.15) is 5.10 Å². The summed E-state index contributed by atoms with van der Waals surface area (Å²) in [6.07, 6.45) is 0. The van der Waals surface area contributed by atoms with Gasteiger partial charge in [-0.05, 0) is 6.92 Å². The summed E-state index contributed by atoms with van der Waals surface area (Å²) in [6, 6.07) is 0. The molecule has 0 atom stereocenters. The summed E-state index contributed by atoms with van der Waals surface area (Å²) in [5.41, 5.74) is 5.00. The highest BCUT2D eigenvalue weighted by molar-refractivity contribution is 6.35. The summed E-state index contributed by atoms with van der Waals surface area (Å²) in [4.78, 5) is 14.4. The van der Waals surface area contributed by atoms with Crippen molar-refractivity contribution in [1.82, 2.24) is 5.01 Å². The van der Waals surface area contributed by atoms with E-state index in [2.05, 4.69) is 10.1 Å². The zero-order chi connectivity index (χ0) is 11.6. The molecular weight excluding hydrogens is 232 g/mol. The van der Waals surface area contributed by atoms with Crippen LogP contribution in [0, 0.1) is 5.41 Å². The van der Waals surface area contributed by atoms with Gasteiger partial charge in [-0.25, -0.2) is 9.79 Å². The Morgan fingerprint density at radius 3 is 2.62 bits per heavy atom. The summed E-state index contributed by atoms with van der Waals surface area (Å²) in [5.74, 6) is -1.16. The van der Waals surface area contributed by atoms with Crippen LogP contribution in [0.1, 0.15) is 20.8 Å². The first kappa shape index (κ1) is 14.7. The van der Waals surface area contributed by atoms with Crippen molar-refractivity contribution < 1.29 is 9.90 Å². The molecule has 16 heavy (non-hydrogen) atoms. The first-order valence-electron chi connectivity index (χ1n) is 4.78. The van der Waals surface area contributed by atoms with E-state index in [0.717, 1.165) is 13.1 Å². The maximum absolute atomic E-state index is 10.5. The molecular formula is C9H17ClN4O2. The molecule has 7 heteroatoms. The molecule has 0 fully saturated rings. The van der Waals surface area contributed by atoms with Gasteiger partial charge in [0.1, 0.15) is 0 Å². The minimum Gasteiger partial charge on any atom is -0.475 e. The normalized spacial score (nSPS) is 19.1. The van der Waals surface area contributed by atoms with E-state index in [1.807, 2.05) is 25.8 Å². The van der Waals surface area contributed by atoms with Crippen LogP contribution in [0.25, 0.3) is 0 Å². The maximum Gasteiger partial charge on any atom is 0.371 e. The number of nitrogens with two attached hydrogens (primary N) is 1. The molecule has 6 nitrogen and oxygen atoms in total. The molecule has 0 spiro atoms. The Bertz CT molecular complexity index is 338. The molecule has 1 heterocycles. The molecule has 0 saturated heterocycles. The molecule has 1 aliphatic rings. The number of nitrogens with zero attached hydrogens (tertiary/aromatic N) is 3. The van der Waals surface area contributed by atoms with Crippen molar-refractivity contribution in [2.24, 2.45) is 21.2 Å². The molecule has 0 aromatic carbocycles. The van der Waals surface area contributed by atoms with E-state index in [0.29, 0.717) is 5.84 Å². The zero-order valence-electron chi connectivity index (χ0n) is 9.60. The molecule has 3 N–H and O–H groups in total. The lowest BCUT2D eigenvalue weighted by Crippen LogP contribution is -2.30. The van der Waals surface area contributed by atoms with Gasteiger partial charge in [0.15, 0.2) is 5.84 Å². The fourth-order valence-corrected chi connectivity index (χ4v) is 1.35. The molecule has 92 valence electrons. The standard InChI is InChI=1S/C9H16N4O2.ClH/c1-4-13-5-9(2,3)8(12-13)11-6(10)7(14)15;/h4-5H2,1-3H3,(H,14,15)(H2,10,11,12);1H. The molecule has 0 unspecified atom stereocenters. The van der Waals surface area contributed by atoms with Crippen LogP contribution in [-0.4, -0.2) is 40.8 Å². The van der Waals surface area contributed by atoms with E-state index in [1.54, 1.807) is 0 Å². The first-order chi connectivity index (χ1) is 6.86. The van der Waals surface area contributed by atoms with Crippen molar-refractivity contribution in [3.05, 3.63) is 0 Å². The Morgan fingerprint density at radius 1 is 1.69 bits per heavy atom. The van der Waals surface area contributed by atoms with Crippen LogP contribution in [0.5, 0.6) is 0 Å². The largest absolute Gasteiger partial charge is 0.475 e. The number of carboxylic acid groups (broad SMARTS) is 1. The van der Waals surface area contributed by atoms with Crippen molar-refractivity contribution in [1.29, 1.82) is 0 Å². The smallest absolute Gasteiger partial charge is 0.371 e. The third kappa shape index (κ3) is 3.10. The van der Waals surface area contributed by atoms with Gasteiger partial charge in [0.2, 0.25) is 5.84 Å². The average molecular weight is 249 g/mol. The molecule has 0 radical (unpaired) electrons. The summed E-state index contributed by atoms with van der Waals surface area (Å²) in [5, 5.41) is 14.7. The number of rotatable bonds is 1. The highest BCUT2D eigenvalue weighted by Crippen LogP contribution is 2.26. The Morgan fingerprint density at radius 2 is 2.25 bits per heavy atom. The number of aliphatic imine (C=N–C) groups is 1. The van der Waals surface area contributed by atoms with Crippen molar-refractivity contribution in [2.75, 3.05) is 13.1 Å². The minimum absolute atomic E-state index is 0. The lowest BCUT2D eigenvalue weighted by atomic mass is 9.93. The van der Waals surface area contributed by atoms with E-state index < -0.39 is 11.8 Å². The summed E-state index contributed by atoms with van der Waals surface area (Å²) < 4.78 is 0. The number of halogens is 1. The average Bonchev–Trinajstić information content (AvgIpc) is 2.41. The van der Waals surface area contributed by atoms with Gasteiger partial charge in [0.05, 0.1) is 0 Å². The fourth-order valence-electron chi connectivity index (χ4n) is 1.35. The van der Waals surface area contributed by atoms with Crippen LogP contribution in [0.2, 0.25) is 0 Å². The molecule has 0 aromatic rings. The Kier molecular flexibility index (Phi) is 4.74. The minimum atomic E-state index is -1.22. The van der Waals surface area contributed by atoms with Crippen LogP contribution in [0.15, 0.2) is 10.1 Å². The molecule has 0 amide bonds. The van der Waals surface area contributed by atoms with Gasteiger partial charge >= 0.3 is 5.97 Å². The van der Waals surface area contributed by atoms with E-state index in [-0.39, 0.29) is 17.8 Å². The Balaban J connectivity index is 0.00000225. The number of amidine groups is 2. The van der Waals surface area contributed by atoms with E-state index in [1.165, 1.54) is 0 Å². The lowest BCUT2D eigenvalue weighted by molar-refractivity contribution is -0.129. The number of carboxylic acids is 1. The zero-order valence-corrected chi connectivity index (χ0v) is 10.4. The van der Waals surface area contributed by atoms with Gasteiger partial charge < -0.3 is 10.8 Å². The van der Waals surface area contributed by atoms with Gasteiger partial charge in [0, 0.05) is 18.5 Å². The van der Waals surface area contributed by atoms with E-state index >= 15 is 0 Å². The number of hydrogen-bond donors (Lipinski definition) is 2. The van der Waals surface area contributed by atoms with Crippen LogP contribution >= 0.6 is 12.4 Å². The summed E-state index contributed by atoms with van der Waals surface area (Å²) >= 11 is 0. The molecule has 0 saturated carbocycles. The highest BCUT2D eigenvalue weighted by atomic mass is 35.5. The Hall–Kier alpha value is -1.30. The van der Waals surface area contributed by atoms with Crippen LogP contribution in [0.4, 0.5) is 0 Å². The van der Waals surface area contributed by atoms with Crippen LogP contribution in [0.3, 0.4) is 0 Å². The molecule has 0 aromatic heterocycles. The summed E-state index contributed by atoms with van der Waals surface area (Å²) in [6.45, 7) is 7.40. The van der Waals surface area contributed by atoms with Crippen LogP contribution < -0.4 is 5.73 Å². The van der Waals surface area contributed by atoms with Gasteiger partial charge in [-0.1, -0.05) is 13.8 Å². The number of hydrazone groups is 1. The third-order valence-electron chi connectivity index (χ3n) is 2.23. The molecule has 1 rings (SSSR count). The van der Waals surface area contributed by atoms with E-state index in [4.69, 9.17) is 10.8 Å². The molecule has 1 aliphatic heterocycles. The van der Waals surface area contributed by atoms with Crippen molar-refractivity contribution in [3.8, 4) is 0 Å². The molecule has 0 bridgehead atoms. The second kappa shape index (κ2) is 5.16. The first-order valence-corrected chi connectivity index (χ1v) is 4.78. The second-order valence-corrected chi connectivity index (χ2v) is 4.09. The lowest BCUT2D eigenvalue weighted by Gasteiger charge is -2.18. The van der Waals surface area contributed by atoms with Gasteiger partial charge in [-0.3, -0.25) is 5.01 Å². The number of hydrogen-bond acceptors (Lipinski definition) is 4. The predicted molar refractivity (Wildman–Crippen MR) is 65.0 cm³/mol. The van der Waals surface area contributed by atoms with Gasteiger partial charge in [0.25, 0.3) is 0 Å². The highest BCUT2D eigenvalue weighted by Gasteiger charge is 2.34. The predicted octanol–water partition coefficient (Wildman–Crippen LogP) is 0.525. The van der Waals surface area contributed by atoms with Crippen LogP contribution in [-0.2, 0) is 4.79 Å². The monoisotopic (exact) mass is 248 g/mol. The number of carbonyl (C=O) groups is 1. The van der Waals surface area contributed by atoms with Crippen molar-refractivity contribution >= 4 is 30.0 Å². The topological polar surface area (TPSA) is 91.3 Å². The third-order valence-corrected chi connectivity index (χ3v) is 2.23. The Labute approximate surface area is 101 Å². The second-order valence-electron chi connectivity index (χ2n) is 4.09. The van der Waals surface area contributed by atoms with Crippen molar-refractivity contribution in [3.63, 3.8) is 0 Å². The summed E-state index contributed by atoms with van der Waals surface area (Å²) in [7, 11) is 0. The van der Waals surface area contributed by atoms with Gasteiger partial charge in [-0.15, -0.1) is 12.4 Å².